The zero-order chi connectivity index (χ0) is 18.2. The molecule has 0 spiro atoms. The molecule has 2 aromatic rings. The lowest BCUT2D eigenvalue weighted by Crippen LogP contribution is -2.51. The number of benzene rings is 1. The van der Waals surface area contributed by atoms with E-state index in [4.69, 9.17) is 4.74 Å². The molecule has 1 aromatic heterocycles. The zero-order valence-corrected chi connectivity index (χ0v) is 16.1. The first-order valence-corrected chi connectivity index (χ1v) is 8.95. The minimum Gasteiger partial charge on any atom is -0.444 e. The quantitative estimate of drug-likeness (QED) is 0.786. The normalized spacial score (nSPS) is 15.5. The van der Waals surface area contributed by atoms with E-state index in [2.05, 4.69) is 25.9 Å². The summed E-state index contributed by atoms with van der Waals surface area (Å²) < 4.78 is 6.29. The van der Waals surface area contributed by atoms with Crippen LogP contribution < -0.4 is 0 Å². The van der Waals surface area contributed by atoms with Crippen molar-refractivity contribution in [3.05, 3.63) is 28.5 Å². The number of nitrogens with one attached hydrogen (secondary N) is 1. The molecule has 2 amide bonds. The Morgan fingerprint density at radius 3 is 2.44 bits per heavy atom. The number of ether oxygens (including phenoxy) is 1. The number of H-pyrrole nitrogens is 1. The molecular weight excluding hydrogens is 388 g/mol. The summed E-state index contributed by atoms with van der Waals surface area (Å²) in [5.41, 5.74) is 1.04. The van der Waals surface area contributed by atoms with E-state index in [1.807, 2.05) is 39.0 Å². The van der Waals surface area contributed by atoms with Crippen LogP contribution in [0.3, 0.4) is 0 Å². The number of piperazine rings is 1. The van der Waals surface area contributed by atoms with Crippen molar-refractivity contribution in [2.24, 2.45) is 0 Å². The smallest absolute Gasteiger partial charge is 0.410 e. The molecule has 25 heavy (non-hydrogen) atoms. The SMILES string of the molecule is CC(C)(C)OC(=O)N1CCN(C(=O)c2nc3ccc(Br)cc3[nH]2)CC1. The van der Waals surface area contributed by atoms with Crippen LogP contribution in [0.15, 0.2) is 22.7 Å². The standard InChI is InChI=1S/C17H21BrN4O3/c1-17(2,3)25-16(24)22-8-6-21(7-9-22)15(23)14-19-12-5-4-11(18)10-13(12)20-14/h4-5,10H,6-9H2,1-3H3,(H,19,20). The minimum absolute atomic E-state index is 0.156. The minimum atomic E-state index is -0.521. The van der Waals surface area contributed by atoms with E-state index < -0.39 is 5.60 Å². The topological polar surface area (TPSA) is 78.5 Å². The van der Waals surface area contributed by atoms with Crippen LogP contribution in [0.1, 0.15) is 31.4 Å². The zero-order valence-electron chi connectivity index (χ0n) is 14.5. The van der Waals surface area contributed by atoms with E-state index >= 15 is 0 Å². The first-order valence-electron chi connectivity index (χ1n) is 8.15. The predicted molar refractivity (Wildman–Crippen MR) is 97.5 cm³/mol. The fourth-order valence-electron chi connectivity index (χ4n) is 2.65. The van der Waals surface area contributed by atoms with Crippen molar-refractivity contribution < 1.29 is 14.3 Å². The van der Waals surface area contributed by atoms with E-state index in [9.17, 15) is 9.59 Å². The molecule has 0 atom stereocenters. The lowest BCUT2D eigenvalue weighted by atomic mass is 10.2. The molecule has 0 saturated carbocycles. The number of fused-ring (bicyclic) bond motifs is 1. The summed E-state index contributed by atoms with van der Waals surface area (Å²) in [7, 11) is 0. The molecule has 1 aromatic carbocycles. The molecule has 8 heteroatoms. The summed E-state index contributed by atoms with van der Waals surface area (Å²) in [6.45, 7) is 7.33. The summed E-state index contributed by atoms with van der Waals surface area (Å²) >= 11 is 3.40. The van der Waals surface area contributed by atoms with Crippen LogP contribution >= 0.6 is 15.9 Å². The number of halogens is 1. The molecule has 3 rings (SSSR count). The van der Waals surface area contributed by atoms with E-state index in [0.717, 1.165) is 15.5 Å². The average Bonchev–Trinajstić information content (AvgIpc) is 2.95. The van der Waals surface area contributed by atoms with Crippen LogP contribution in [-0.4, -0.2) is 63.5 Å². The highest BCUT2D eigenvalue weighted by Crippen LogP contribution is 2.19. The van der Waals surface area contributed by atoms with Gasteiger partial charge in [0, 0.05) is 30.7 Å². The van der Waals surface area contributed by atoms with E-state index in [1.54, 1.807) is 9.80 Å². The maximum Gasteiger partial charge on any atom is 0.410 e. The third-order valence-electron chi connectivity index (χ3n) is 3.87. The largest absolute Gasteiger partial charge is 0.444 e. The number of carbonyl (C=O) groups is 2. The van der Waals surface area contributed by atoms with Crippen LogP contribution in [0, 0.1) is 0 Å². The Morgan fingerprint density at radius 1 is 1.16 bits per heavy atom. The first kappa shape index (κ1) is 17.7. The molecule has 1 fully saturated rings. The molecule has 0 aliphatic carbocycles. The molecular formula is C17H21BrN4O3. The highest BCUT2D eigenvalue weighted by Gasteiger charge is 2.29. The Balaban J connectivity index is 1.63. The van der Waals surface area contributed by atoms with E-state index in [1.165, 1.54) is 0 Å². The third kappa shape index (κ3) is 4.12. The Kier molecular flexibility index (Phi) is 4.73. The molecule has 0 bridgehead atoms. The van der Waals surface area contributed by atoms with E-state index in [0.29, 0.717) is 32.0 Å². The monoisotopic (exact) mass is 408 g/mol. The second-order valence-corrected chi connectivity index (χ2v) is 7.92. The Morgan fingerprint density at radius 2 is 1.80 bits per heavy atom. The number of carbonyl (C=O) groups excluding carboxylic acids is 2. The van der Waals surface area contributed by atoms with Gasteiger partial charge in [-0.2, -0.15) is 0 Å². The Bertz CT molecular complexity index is 804. The van der Waals surface area contributed by atoms with Crippen molar-refractivity contribution in [2.75, 3.05) is 26.2 Å². The maximum atomic E-state index is 12.6. The van der Waals surface area contributed by atoms with Gasteiger partial charge in [0.15, 0.2) is 5.82 Å². The van der Waals surface area contributed by atoms with Gasteiger partial charge in [-0.1, -0.05) is 15.9 Å². The van der Waals surface area contributed by atoms with Crippen molar-refractivity contribution in [3.8, 4) is 0 Å². The fourth-order valence-corrected chi connectivity index (χ4v) is 3.01. The molecule has 7 nitrogen and oxygen atoms in total. The number of aromatic nitrogens is 2. The number of hydrogen-bond donors (Lipinski definition) is 1. The fraction of sp³-hybridized carbons (Fsp3) is 0.471. The molecule has 1 aliphatic heterocycles. The highest BCUT2D eigenvalue weighted by atomic mass is 79.9. The average molecular weight is 409 g/mol. The van der Waals surface area contributed by atoms with Crippen molar-refractivity contribution >= 4 is 39.0 Å². The number of rotatable bonds is 1. The summed E-state index contributed by atoms with van der Waals surface area (Å²) in [5, 5.41) is 0. The second-order valence-electron chi connectivity index (χ2n) is 7.01. The lowest BCUT2D eigenvalue weighted by Gasteiger charge is -2.35. The van der Waals surface area contributed by atoms with Gasteiger partial charge in [0.05, 0.1) is 11.0 Å². The molecule has 1 aliphatic rings. The number of nitrogens with zero attached hydrogens (tertiary/aromatic N) is 3. The first-order chi connectivity index (χ1) is 11.7. The summed E-state index contributed by atoms with van der Waals surface area (Å²) in [6, 6.07) is 5.63. The summed E-state index contributed by atoms with van der Waals surface area (Å²) in [4.78, 5) is 35.5. The van der Waals surface area contributed by atoms with Crippen molar-refractivity contribution in [1.29, 1.82) is 0 Å². The Labute approximate surface area is 154 Å². The van der Waals surface area contributed by atoms with Crippen LogP contribution in [0.4, 0.5) is 4.79 Å². The van der Waals surface area contributed by atoms with Crippen molar-refractivity contribution in [3.63, 3.8) is 0 Å². The maximum absolute atomic E-state index is 12.6. The number of hydrogen-bond acceptors (Lipinski definition) is 4. The molecule has 1 saturated heterocycles. The Hall–Kier alpha value is -2.09. The number of amides is 2. The molecule has 2 heterocycles. The van der Waals surface area contributed by atoms with Gasteiger partial charge in [0.25, 0.3) is 5.91 Å². The van der Waals surface area contributed by atoms with Crippen LogP contribution in [0.5, 0.6) is 0 Å². The van der Waals surface area contributed by atoms with Gasteiger partial charge in [-0.15, -0.1) is 0 Å². The van der Waals surface area contributed by atoms with Crippen LogP contribution in [0.25, 0.3) is 11.0 Å². The van der Waals surface area contributed by atoms with Gasteiger partial charge in [0.1, 0.15) is 5.60 Å². The predicted octanol–water partition coefficient (Wildman–Crippen LogP) is 3.02. The van der Waals surface area contributed by atoms with Gasteiger partial charge in [-0.05, 0) is 39.0 Å². The molecule has 0 radical (unpaired) electrons. The highest BCUT2D eigenvalue weighted by molar-refractivity contribution is 9.10. The second kappa shape index (κ2) is 6.67. The van der Waals surface area contributed by atoms with Gasteiger partial charge < -0.3 is 19.5 Å². The molecule has 134 valence electrons. The van der Waals surface area contributed by atoms with Gasteiger partial charge in [-0.25, -0.2) is 9.78 Å². The van der Waals surface area contributed by atoms with Gasteiger partial charge >= 0.3 is 6.09 Å². The molecule has 0 unspecified atom stereocenters. The van der Waals surface area contributed by atoms with Gasteiger partial charge in [-0.3, -0.25) is 4.79 Å². The van der Waals surface area contributed by atoms with Crippen molar-refractivity contribution in [1.82, 2.24) is 19.8 Å². The van der Waals surface area contributed by atoms with Crippen LogP contribution in [0.2, 0.25) is 0 Å². The summed E-state index contributed by atoms with van der Waals surface area (Å²) in [6.07, 6.45) is -0.340. The van der Waals surface area contributed by atoms with Crippen molar-refractivity contribution in [2.45, 2.75) is 26.4 Å². The number of imidazole rings is 1. The number of aromatic amines is 1. The summed E-state index contributed by atoms with van der Waals surface area (Å²) in [5.74, 6) is 0.162. The lowest BCUT2D eigenvalue weighted by molar-refractivity contribution is 0.0139. The molecule has 1 N–H and O–H groups in total. The third-order valence-corrected chi connectivity index (χ3v) is 4.36. The van der Waals surface area contributed by atoms with Crippen LogP contribution in [-0.2, 0) is 4.74 Å². The van der Waals surface area contributed by atoms with Gasteiger partial charge in [0.2, 0.25) is 0 Å². The van der Waals surface area contributed by atoms with E-state index in [-0.39, 0.29) is 12.0 Å².